The summed E-state index contributed by atoms with van der Waals surface area (Å²) in [5, 5.41) is 0.647. The molecular formula is C8H5BrClNO. The van der Waals surface area contributed by atoms with Crippen LogP contribution < -0.4 is 0 Å². The molecule has 0 atom stereocenters. The summed E-state index contributed by atoms with van der Waals surface area (Å²) in [5.41, 5.74) is 0.926. The number of isocyanates is 1. The maximum Gasteiger partial charge on any atom is 0.235 e. The predicted molar refractivity (Wildman–Crippen MR) is 51.0 cm³/mol. The number of rotatable bonds is 2. The fourth-order valence-corrected chi connectivity index (χ4v) is 1.31. The fourth-order valence-electron chi connectivity index (χ4n) is 0.762. The fraction of sp³-hybridized carbons (Fsp3) is 0.125. The highest BCUT2D eigenvalue weighted by Gasteiger charge is 1.97. The van der Waals surface area contributed by atoms with E-state index in [1.54, 1.807) is 6.07 Å². The Morgan fingerprint density at radius 2 is 2.33 bits per heavy atom. The zero-order valence-electron chi connectivity index (χ0n) is 6.05. The van der Waals surface area contributed by atoms with Crippen molar-refractivity contribution < 1.29 is 4.79 Å². The highest BCUT2D eigenvalue weighted by atomic mass is 79.9. The van der Waals surface area contributed by atoms with Crippen LogP contribution in [-0.2, 0) is 11.3 Å². The lowest BCUT2D eigenvalue weighted by molar-refractivity contribution is 0.563. The first-order valence-electron chi connectivity index (χ1n) is 3.21. The molecule has 1 rings (SSSR count). The molecule has 0 aliphatic carbocycles. The molecule has 1 aromatic rings. The number of aliphatic imine (C=N–C) groups is 1. The first-order chi connectivity index (χ1) is 5.74. The van der Waals surface area contributed by atoms with Crippen LogP contribution in [0.4, 0.5) is 0 Å². The molecule has 0 heterocycles. The number of hydrogen-bond acceptors (Lipinski definition) is 2. The van der Waals surface area contributed by atoms with Gasteiger partial charge in [0.05, 0.1) is 11.6 Å². The molecule has 2 nitrogen and oxygen atoms in total. The summed E-state index contributed by atoms with van der Waals surface area (Å²) in [6.07, 6.45) is 1.48. The minimum Gasteiger partial charge on any atom is -0.211 e. The molecule has 0 radical (unpaired) electrons. The quantitative estimate of drug-likeness (QED) is 0.583. The maximum atomic E-state index is 9.80. The second kappa shape index (κ2) is 4.41. The highest BCUT2D eigenvalue weighted by Crippen LogP contribution is 2.23. The first-order valence-corrected chi connectivity index (χ1v) is 4.38. The van der Waals surface area contributed by atoms with Gasteiger partial charge in [-0.2, -0.15) is 0 Å². The third kappa shape index (κ3) is 2.45. The van der Waals surface area contributed by atoms with Crippen molar-refractivity contribution in [3.63, 3.8) is 0 Å². The molecule has 0 spiro atoms. The SMILES string of the molecule is O=C=NCc1ccc(Cl)c(Br)c1. The van der Waals surface area contributed by atoms with Crippen molar-refractivity contribution in [2.75, 3.05) is 0 Å². The molecule has 0 aliphatic rings. The van der Waals surface area contributed by atoms with Crippen LogP contribution in [0.25, 0.3) is 0 Å². The Kier molecular flexibility index (Phi) is 3.48. The van der Waals surface area contributed by atoms with Crippen molar-refractivity contribution >= 4 is 33.6 Å². The van der Waals surface area contributed by atoms with Crippen molar-refractivity contribution in [2.24, 2.45) is 4.99 Å². The normalized spacial score (nSPS) is 9.17. The zero-order valence-corrected chi connectivity index (χ0v) is 8.39. The van der Waals surface area contributed by atoms with Gasteiger partial charge in [-0.3, -0.25) is 0 Å². The Morgan fingerprint density at radius 3 is 2.92 bits per heavy atom. The largest absolute Gasteiger partial charge is 0.235 e. The Hall–Kier alpha value is -0.630. The topological polar surface area (TPSA) is 29.4 Å². The predicted octanol–water partition coefficient (Wildman–Crippen LogP) is 2.94. The van der Waals surface area contributed by atoms with Crippen LogP contribution >= 0.6 is 27.5 Å². The van der Waals surface area contributed by atoms with E-state index in [9.17, 15) is 4.79 Å². The molecule has 0 fully saturated rings. The van der Waals surface area contributed by atoms with Crippen molar-refractivity contribution in [1.82, 2.24) is 0 Å². The van der Waals surface area contributed by atoms with Crippen molar-refractivity contribution in [1.29, 1.82) is 0 Å². The molecule has 0 saturated heterocycles. The maximum absolute atomic E-state index is 9.80. The molecular weight excluding hydrogens is 241 g/mol. The van der Waals surface area contributed by atoms with Crippen LogP contribution in [0.5, 0.6) is 0 Å². The van der Waals surface area contributed by atoms with Crippen LogP contribution in [0.3, 0.4) is 0 Å². The van der Waals surface area contributed by atoms with Gasteiger partial charge < -0.3 is 0 Å². The third-order valence-electron chi connectivity index (χ3n) is 1.31. The molecule has 0 N–H and O–H groups in total. The zero-order chi connectivity index (χ0) is 8.97. The molecule has 0 aliphatic heterocycles. The van der Waals surface area contributed by atoms with E-state index in [1.807, 2.05) is 12.1 Å². The number of carbonyl (C=O) groups excluding carboxylic acids is 1. The molecule has 0 aromatic heterocycles. The average Bonchev–Trinajstić information content (AvgIpc) is 2.07. The molecule has 1 aromatic carbocycles. The minimum absolute atomic E-state index is 0.346. The van der Waals surface area contributed by atoms with Crippen LogP contribution in [-0.4, -0.2) is 6.08 Å². The summed E-state index contributed by atoms with van der Waals surface area (Å²) >= 11 is 9.03. The Bertz CT molecular complexity index is 334. The molecule has 12 heavy (non-hydrogen) atoms. The summed E-state index contributed by atoms with van der Waals surface area (Å²) in [4.78, 5) is 13.2. The molecule has 0 saturated carbocycles. The average molecular weight is 246 g/mol. The summed E-state index contributed by atoms with van der Waals surface area (Å²) in [6, 6.07) is 5.39. The summed E-state index contributed by atoms with van der Waals surface area (Å²) in [5.74, 6) is 0. The van der Waals surface area contributed by atoms with E-state index in [4.69, 9.17) is 11.6 Å². The van der Waals surface area contributed by atoms with Gasteiger partial charge in [-0.05, 0) is 33.6 Å². The van der Waals surface area contributed by atoms with Crippen LogP contribution in [0.1, 0.15) is 5.56 Å². The minimum atomic E-state index is 0.346. The van der Waals surface area contributed by atoms with Gasteiger partial charge in [0.1, 0.15) is 0 Å². The second-order valence-electron chi connectivity index (χ2n) is 2.16. The number of nitrogens with zero attached hydrogens (tertiary/aromatic N) is 1. The standard InChI is InChI=1S/C8H5BrClNO/c9-7-3-6(4-11-5-12)1-2-8(7)10/h1-3H,4H2. The lowest BCUT2D eigenvalue weighted by atomic mass is 10.2. The number of benzene rings is 1. The molecule has 0 bridgehead atoms. The van der Waals surface area contributed by atoms with Gasteiger partial charge in [-0.15, -0.1) is 0 Å². The monoisotopic (exact) mass is 245 g/mol. The van der Waals surface area contributed by atoms with Crippen LogP contribution in [0.2, 0.25) is 5.02 Å². The van der Waals surface area contributed by atoms with Crippen LogP contribution in [0, 0.1) is 0 Å². The number of halogens is 2. The van der Waals surface area contributed by atoms with Gasteiger partial charge in [0.2, 0.25) is 6.08 Å². The van der Waals surface area contributed by atoms with Crippen LogP contribution in [0.15, 0.2) is 27.7 Å². The van der Waals surface area contributed by atoms with E-state index >= 15 is 0 Å². The molecule has 0 amide bonds. The molecule has 4 heteroatoms. The van der Waals surface area contributed by atoms with Crippen molar-refractivity contribution in [3.05, 3.63) is 33.3 Å². The van der Waals surface area contributed by atoms with Gasteiger partial charge in [-0.1, -0.05) is 17.7 Å². The lowest BCUT2D eigenvalue weighted by Gasteiger charge is -1.97. The Labute approximate surface area is 83.4 Å². The summed E-state index contributed by atoms with van der Waals surface area (Å²) < 4.78 is 0.808. The van der Waals surface area contributed by atoms with E-state index in [2.05, 4.69) is 20.9 Å². The highest BCUT2D eigenvalue weighted by molar-refractivity contribution is 9.10. The van der Waals surface area contributed by atoms with Crippen molar-refractivity contribution in [3.8, 4) is 0 Å². The van der Waals surface area contributed by atoms with Crippen molar-refractivity contribution in [2.45, 2.75) is 6.54 Å². The van der Waals surface area contributed by atoms with Gasteiger partial charge >= 0.3 is 0 Å². The first kappa shape index (κ1) is 9.46. The molecule has 0 unspecified atom stereocenters. The second-order valence-corrected chi connectivity index (χ2v) is 3.42. The van der Waals surface area contributed by atoms with Gasteiger partial charge in [0.25, 0.3) is 0 Å². The third-order valence-corrected chi connectivity index (χ3v) is 2.52. The smallest absolute Gasteiger partial charge is 0.211 e. The Balaban J connectivity index is 2.89. The van der Waals surface area contributed by atoms with Gasteiger partial charge in [-0.25, -0.2) is 9.79 Å². The molecule has 62 valence electrons. The Morgan fingerprint density at radius 1 is 1.58 bits per heavy atom. The van der Waals surface area contributed by atoms with E-state index in [-0.39, 0.29) is 0 Å². The lowest BCUT2D eigenvalue weighted by Crippen LogP contribution is -1.80. The van der Waals surface area contributed by atoms with E-state index < -0.39 is 0 Å². The summed E-state index contributed by atoms with van der Waals surface area (Å²) in [7, 11) is 0. The van der Waals surface area contributed by atoms with E-state index in [0.29, 0.717) is 11.6 Å². The summed E-state index contributed by atoms with van der Waals surface area (Å²) in [6.45, 7) is 0.346. The van der Waals surface area contributed by atoms with Gasteiger partial charge in [0.15, 0.2) is 0 Å². The van der Waals surface area contributed by atoms with E-state index in [0.717, 1.165) is 10.0 Å². The number of hydrogen-bond donors (Lipinski definition) is 0. The van der Waals surface area contributed by atoms with E-state index in [1.165, 1.54) is 6.08 Å². The van der Waals surface area contributed by atoms with Gasteiger partial charge in [0, 0.05) is 4.47 Å².